The van der Waals surface area contributed by atoms with Gasteiger partial charge in [0, 0.05) is 17.6 Å². The zero-order valence-electron chi connectivity index (χ0n) is 21.3. The van der Waals surface area contributed by atoms with Crippen molar-refractivity contribution in [1.82, 2.24) is 10.6 Å². The molecule has 198 valence electrons. The maximum absolute atomic E-state index is 13.2. The van der Waals surface area contributed by atoms with Gasteiger partial charge in [-0.3, -0.25) is 4.79 Å². The molecule has 3 rings (SSSR count). The van der Waals surface area contributed by atoms with Crippen molar-refractivity contribution < 1.29 is 18.7 Å². The molecule has 0 aliphatic heterocycles. The van der Waals surface area contributed by atoms with Gasteiger partial charge in [-0.25, -0.2) is 4.79 Å². The monoisotopic (exact) mass is 542 g/mol. The first kappa shape index (κ1) is 28.8. The third-order valence-corrected chi connectivity index (χ3v) is 6.94. The molecule has 3 aromatic rings. The molecule has 0 aliphatic rings. The molecule has 0 saturated heterocycles. The number of nitrogens with one attached hydrogen (secondary N) is 2. The molecule has 2 N–H and O–H groups in total. The molecule has 2 aromatic carbocycles. The van der Waals surface area contributed by atoms with Crippen molar-refractivity contribution in [1.29, 1.82) is 0 Å². The lowest BCUT2D eigenvalue weighted by Crippen LogP contribution is -2.48. The highest BCUT2D eigenvalue weighted by Gasteiger charge is 2.22. The number of Topliss-reactive ketones (excluding diaryl/α,β-unsaturated/α-hetero) is 1. The summed E-state index contributed by atoms with van der Waals surface area (Å²) in [5.74, 6) is 2.35. The van der Waals surface area contributed by atoms with E-state index in [0.717, 1.165) is 23.3 Å². The number of carbonyl (C=O) groups excluding carboxylic acids is 2. The number of halogens is 1. The van der Waals surface area contributed by atoms with Crippen LogP contribution in [0.1, 0.15) is 37.2 Å². The Hall–Kier alpha value is -2.74. The van der Waals surface area contributed by atoms with Gasteiger partial charge in [0.25, 0.3) is 0 Å². The molecule has 1 amide bonds. The highest BCUT2D eigenvalue weighted by Crippen LogP contribution is 2.15. The summed E-state index contributed by atoms with van der Waals surface area (Å²) >= 11 is 7.46. The van der Waals surface area contributed by atoms with Gasteiger partial charge in [-0.05, 0) is 54.2 Å². The lowest BCUT2D eigenvalue weighted by atomic mass is 10.0. The van der Waals surface area contributed by atoms with Gasteiger partial charge in [-0.2, -0.15) is 0 Å². The van der Waals surface area contributed by atoms with Crippen LogP contribution >= 0.6 is 23.4 Å². The van der Waals surface area contributed by atoms with Gasteiger partial charge in [0.1, 0.15) is 12.4 Å². The van der Waals surface area contributed by atoms with E-state index in [1.54, 1.807) is 18.4 Å². The average molecular weight is 543 g/mol. The summed E-state index contributed by atoms with van der Waals surface area (Å²) in [6, 6.07) is 20.3. The summed E-state index contributed by atoms with van der Waals surface area (Å²) in [6.07, 6.45) is 2.49. The Labute approximate surface area is 228 Å². The van der Waals surface area contributed by atoms with Crippen LogP contribution in [0.2, 0.25) is 5.02 Å². The van der Waals surface area contributed by atoms with Gasteiger partial charge in [-0.1, -0.05) is 67.9 Å². The maximum atomic E-state index is 13.2. The van der Waals surface area contributed by atoms with E-state index in [-0.39, 0.29) is 24.5 Å². The predicted molar refractivity (Wildman–Crippen MR) is 150 cm³/mol. The van der Waals surface area contributed by atoms with E-state index in [4.69, 9.17) is 20.8 Å². The molecule has 1 heterocycles. The average Bonchev–Trinajstić information content (AvgIpc) is 3.40. The Morgan fingerprint density at radius 1 is 1.00 bits per heavy atom. The Kier molecular flexibility index (Phi) is 12.1. The van der Waals surface area contributed by atoms with Crippen molar-refractivity contribution in [2.45, 2.75) is 51.1 Å². The number of ether oxygens (including phenoxy) is 1. The Balaban J connectivity index is 1.56. The molecule has 37 heavy (non-hydrogen) atoms. The Morgan fingerprint density at radius 3 is 2.43 bits per heavy atom. The number of hydrogen-bond donors (Lipinski definition) is 2. The second-order valence-corrected chi connectivity index (χ2v) is 10.8. The number of amides is 1. The van der Waals surface area contributed by atoms with Crippen molar-refractivity contribution in [3.63, 3.8) is 0 Å². The minimum Gasteiger partial charge on any atom is -0.468 e. The van der Waals surface area contributed by atoms with Crippen molar-refractivity contribution in [3.05, 3.63) is 94.9 Å². The zero-order valence-corrected chi connectivity index (χ0v) is 22.9. The number of ketones is 1. The normalized spacial score (nSPS) is 12.8. The van der Waals surface area contributed by atoms with Crippen LogP contribution in [0.4, 0.5) is 4.79 Å². The lowest BCUT2D eigenvalue weighted by Gasteiger charge is -2.24. The summed E-state index contributed by atoms with van der Waals surface area (Å²) in [4.78, 5) is 25.7. The summed E-state index contributed by atoms with van der Waals surface area (Å²) in [5.41, 5.74) is 1.94. The number of rotatable bonds is 15. The second-order valence-electron chi connectivity index (χ2n) is 9.36. The van der Waals surface area contributed by atoms with Crippen molar-refractivity contribution >= 4 is 35.2 Å². The quantitative estimate of drug-likeness (QED) is 0.235. The third kappa shape index (κ3) is 11.0. The summed E-state index contributed by atoms with van der Waals surface area (Å²) in [5, 5.41) is 7.04. The largest absolute Gasteiger partial charge is 0.468 e. The molecule has 0 spiro atoms. The Morgan fingerprint density at radius 2 is 1.76 bits per heavy atom. The van der Waals surface area contributed by atoms with Crippen LogP contribution in [0.15, 0.2) is 77.4 Å². The fraction of sp³-hybridized carbons (Fsp3) is 0.379. The molecule has 0 bridgehead atoms. The molecular formula is C29H35ClN2O4S. The van der Waals surface area contributed by atoms with Crippen LogP contribution in [0.5, 0.6) is 0 Å². The van der Waals surface area contributed by atoms with Crippen molar-refractivity contribution in [3.8, 4) is 0 Å². The summed E-state index contributed by atoms with van der Waals surface area (Å²) in [6.45, 7) is 4.82. The van der Waals surface area contributed by atoms with E-state index in [9.17, 15) is 9.59 Å². The first-order valence-electron chi connectivity index (χ1n) is 12.5. The minimum atomic E-state index is -0.484. The Bertz CT molecular complexity index is 1080. The van der Waals surface area contributed by atoms with E-state index in [2.05, 4.69) is 24.5 Å². The fourth-order valence-electron chi connectivity index (χ4n) is 3.88. The van der Waals surface area contributed by atoms with Crippen LogP contribution in [0, 0.1) is 5.92 Å². The summed E-state index contributed by atoms with van der Waals surface area (Å²) < 4.78 is 10.8. The molecule has 0 aliphatic carbocycles. The zero-order chi connectivity index (χ0) is 26.5. The second kappa shape index (κ2) is 15.5. The fourth-order valence-corrected chi connectivity index (χ4v) is 4.88. The molecule has 2 unspecified atom stereocenters. The van der Waals surface area contributed by atoms with Crippen LogP contribution in [0.25, 0.3) is 0 Å². The van der Waals surface area contributed by atoms with Crippen LogP contribution in [0.3, 0.4) is 0 Å². The number of benzene rings is 2. The molecule has 0 saturated carbocycles. The molecule has 2 atom stereocenters. The highest BCUT2D eigenvalue weighted by atomic mass is 35.5. The van der Waals surface area contributed by atoms with E-state index in [1.807, 2.05) is 54.6 Å². The first-order chi connectivity index (χ1) is 17.9. The van der Waals surface area contributed by atoms with Crippen LogP contribution < -0.4 is 10.6 Å². The van der Waals surface area contributed by atoms with Crippen molar-refractivity contribution in [2.75, 3.05) is 12.3 Å². The van der Waals surface area contributed by atoms with E-state index >= 15 is 0 Å². The molecule has 6 nitrogen and oxygen atoms in total. The van der Waals surface area contributed by atoms with E-state index in [1.165, 1.54) is 11.8 Å². The number of carbonyl (C=O) groups is 2. The number of furan rings is 1. The third-order valence-electron chi connectivity index (χ3n) is 5.71. The number of alkyl carbamates (subject to hydrolysis) is 1. The highest BCUT2D eigenvalue weighted by molar-refractivity contribution is 7.99. The number of thioether (sulfide) groups is 1. The van der Waals surface area contributed by atoms with Crippen LogP contribution in [-0.2, 0) is 28.3 Å². The predicted octanol–water partition coefficient (Wildman–Crippen LogP) is 6.28. The standard InChI is InChI=1S/C29H35ClN2O4S/c1-21(2)15-25(32-29(34)36-18-23-10-12-24(30)13-11-23)17-31-27(16-22-7-4-3-5-8-22)28(33)20-37-19-26-9-6-14-35-26/h3-14,21,25,27,31H,15-20H2,1-2H3,(H,32,34). The molecular weight excluding hydrogens is 508 g/mol. The SMILES string of the molecule is CC(C)CC(CNC(Cc1ccccc1)C(=O)CSCc1ccco1)NC(=O)OCc1ccc(Cl)cc1. The minimum absolute atomic E-state index is 0.119. The molecule has 0 radical (unpaired) electrons. The van der Waals surface area contributed by atoms with E-state index < -0.39 is 6.09 Å². The topological polar surface area (TPSA) is 80.6 Å². The van der Waals surface area contributed by atoms with Gasteiger partial charge in [0.05, 0.1) is 23.8 Å². The van der Waals surface area contributed by atoms with Gasteiger partial charge >= 0.3 is 6.09 Å². The first-order valence-corrected chi connectivity index (χ1v) is 14.0. The van der Waals surface area contributed by atoms with E-state index in [0.29, 0.717) is 35.4 Å². The van der Waals surface area contributed by atoms with Crippen LogP contribution in [-0.4, -0.2) is 36.3 Å². The maximum Gasteiger partial charge on any atom is 0.407 e. The van der Waals surface area contributed by atoms with Gasteiger partial charge in [-0.15, -0.1) is 11.8 Å². The van der Waals surface area contributed by atoms with Gasteiger partial charge in [0.15, 0.2) is 5.78 Å². The van der Waals surface area contributed by atoms with Gasteiger partial charge in [0.2, 0.25) is 0 Å². The smallest absolute Gasteiger partial charge is 0.407 e. The number of hydrogen-bond acceptors (Lipinski definition) is 6. The van der Waals surface area contributed by atoms with Gasteiger partial charge < -0.3 is 19.8 Å². The molecule has 1 aromatic heterocycles. The van der Waals surface area contributed by atoms with Crippen molar-refractivity contribution in [2.24, 2.45) is 5.92 Å². The molecule has 0 fully saturated rings. The summed E-state index contributed by atoms with van der Waals surface area (Å²) in [7, 11) is 0. The lowest BCUT2D eigenvalue weighted by molar-refractivity contribution is -0.118. The molecule has 8 heteroatoms.